The maximum Gasteiger partial charge on any atom is 0.343 e. The van der Waals surface area contributed by atoms with Crippen LogP contribution in [0.5, 0.6) is 11.5 Å². The van der Waals surface area contributed by atoms with E-state index in [4.69, 9.17) is 9.47 Å². The lowest BCUT2D eigenvalue weighted by Crippen LogP contribution is -2.30. The molecule has 0 bridgehead atoms. The van der Waals surface area contributed by atoms with Crippen molar-refractivity contribution in [1.29, 1.82) is 0 Å². The number of anilines is 1. The summed E-state index contributed by atoms with van der Waals surface area (Å²) in [6.07, 6.45) is 1.53. The molecule has 9 heteroatoms. The van der Waals surface area contributed by atoms with Crippen molar-refractivity contribution < 1.29 is 28.6 Å². The summed E-state index contributed by atoms with van der Waals surface area (Å²) in [6, 6.07) is 11.4. The number of halogens is 1. The van der Waals surface area contributed by atoms with E-state index in [1.165, 1.54) is 20.3 Å². The van der Waals surface area contributed by atoms with Gasteiger partial charge in [-0.2, -0.15) is 0 Å². The molecule has 1 saturated heterocycles. The zero-order valence-electron chi connectivity index (χ0n) is 15.6. The number of hydrogen-bond acceptors (Lipinski definition) is 6. The smallest absolute Gasteiger partial charge is 0.343 e. The number of hydrogen-bond donors (Lipinski definition) is 1. The normalized spacial score (nSPS) is 14.7. The van der Waals surface area contributed by atoms with E-state index < -0.39 is 17.9 Å². The Kier molecular flexibility index (Phi) is 6.18. The van der Waals surface area contributed by atoms with Crippen LogP contribution in [0.2, 0.25) is 0 Å². The van der Waals surface area contributed by atoms with Crippen LogP contribution in [-0.4, -0.2) is 38.7 Å². The lowest BCUT2D eigenvalue weighted by molar-refractivity contribution is -0.142. The topological polar surface area (TPSA) is 94.2 Å². The number of urea groups is 1. The summed E-state index contributed by atoms with van der Waals surface area (Å²) in [5.41, 5.74) is 1.18. The van der Waals surface area contributed by atoms with Gasteiger partial charge in [-0.25, -0.2) is 14.5 Å². The third-order valence-electron chi connectivity index (χ3n) is 4.02. The quantitative estimate of drug-likeness (QED) is 0.404. The number of para-hydroxylation sites is 1. The van der Waals surface area contributed by atoms with Crippen molar-refractivity contribution in [3.63, 3.8) is 0 Å². The van der Waals surface area contributed by atoms with Crippen molar-refractivity contribution in [3.8, 4) is 11.5 Å². The predicted molar refractivity (Wildman–Crippen MR) is 109 cm³/mol. The molecule has 8 nitrogen and oxygen atoms in total. The fraction of sp³-hybridized carbons (Fsp3) is 0.150. The summed E-state index contributed by atoms with van der Waals surface area (Å²) in [7, 11) is 2.71. The molecule has 0 aromatic heterocycles. The maximum atomic E-state index is 12.7. The van der Waals surface area contributed by atoms with Crippen LogP contribution in [-0.2, 0) is 14.3 Å². The number of carbonyl (C=O) groups is 3. The minimum absolute atomic E-state index is 0.121. The summed E-state index contributed by atoms with van der Waals surface area (Å²) in [5.74, 6) is -0.354. The van der Waals surface area contributed by atoms with E-state index in [1.54, 1.807) is 42.5 Å². The Labute approximate surface area is 175 Å². The summed E-state index contributed by atoms with van der Waals surface area (Å²) >= 11 is 3.37. The van der Waals surface area contributed by atoms with Crippen LogP contribution >= 0.6 is 15.9 Å². The van der Waals surface area contributed by atoms with Crippen LogP contribution < -0.4 is 19.7 Å². The number of imide groups is 1. The van der Waals surface area contributed by atoms with Gasteiger partial charge in [0.15, 0.2) is 18.1 Å². The van der Waals surface area contributed by atoms with Gasteiger partial charge >= 0.3 is 12.0 Å². The molecule has 150 valence electrons. The van der Waals surface area contributed by atoms with Crippen molar-refractivity contribution in [3.05, 3.63) is 58.2 Å². The first-order valence-corrected chi connectivity index (χ1v) is 9.23. The standard InChI is InChI=1S/C20H17BrN2O6/c1-27-16-10-12(8-14(21)18(16)29-11-17(24)28-2)9-15-19(25)23(20(26)22-15)13-6-4-3-5-7-13/h3-10H,11H2,1-2H3,(H,22,26)/b15-9+. The molecule has 0 aliphatic carbocycles. The third kappa shape index (κ3) is 4.40. The second-order valence-corrected chi connectivity index (χ2v) is 6.72. The molecule has 1 fully saturated rings. The number of amides is 3. The van der Waals surface area contributed by atoms with E-state index in [0.29, 0.717) is 27.2 Å². The fourth-order valence-corrected chi connectivity index (χ4v) is 3.24. The Bertz CT molecular complexity index is 990. The molecule has 0 saturated carbocycles. The Morgan fingerprint density at radius 2 is 1.90 bits per heavy atom. The van der Waals surface area contributed by atoms with Crippen LogP contribution in [0.3, 0.4) is 0 Å². The van der Waals surface area contributed by atoms with Gasteiger partial charge in [-0.15, -0.1) is 0 Å². The second kappa shape index (κ2) is 8.78. The number of carbonyl (C=O) groups excluding carboxylic acids is 3. The van der Waals surface area contributed by atoms with Crippen LogP contribution in [0.25, 0.3) is 6.08 Å². The molecular formula is C20H17BrN2O6. The number of ether oxygens (including phenoxy) is 3. The molecule has 3 rings (SSSR count). The number of nitrogens with one attached hydrogen (secondary N) is 1. The van der Waals surface area contributed by atoms with Crippen molar-refractivity contribution in [1.82, 2.24) is 5.32 Å². The van der Waals surface area contributed by atoms with Gasteiger partial charge in [-0.1, -0.05) is 18.2 Å². The van der Waals surface area contributed by atoms with Crippen molar-refractivity contribution in [2.75, 3.05) is 25.7 Å². The van der Waals surface area contributed by atoms with Crippen molar-refractivity contribution in [2.24, 2.45) is 0 Å². The SMILES string of the molecule is COC(=O)COc1c(Br)cc(/C=C2/NC(=O)N(c3ccccc3)C2=O)cc1OC. The van der Waals surface area contributed by atoms with Gasteiger partial charge in [0.05, 0.1) is 24.4 Å². The highest BCUT2D eigenvalue weighted by Gasteiger charge is 2.34. The van der Waals surface area contributed by atoms with E-state index in [2.05, 4.69) is 26.0 Å². The molecule has 0 atom stereocenters. The zero-order valence-corrected chi connectivity index (χ0v) is 17.2. The van der Waals surface area contributed by atoms with Gasteiger partial charge < -0.3 is 19.5 Å². The highest BCUT2D eigenvalue weighted by molar-refractivity contribution is 9.10. The lowest BCUT2D eigenvalue weighted by atomic mass is 10.1. The Morgan fingerprint density at radius 1 is 1.17 bits per heavy atom. The number of benzene rings is 2. The molecule has 0 radical (unpaired) electrons. The highest BCUT2D eigenvalue weighted by Crippen LogP contribution is 2.37. The lowest BCUT2D eigenvalue weighted by Gasteiger charge is -2.13. The Hall–Kier alpha value is -3.33. The first-order chi connectivity index (χ1) is 13.9. The van der Waals surface area contributed by atoms with Crippen molar-refractivity contribution >= 4 is 45.6 Å². The summed E-state index contributed by atoms with van der Waals surface area (Å²) < 4.78 is 15.8. The zero-order chi connectivity index (χ0) is 21.0. The predicted octanol–water partition coefficient (Wildman–Crippen LogP) is 3.11. The molecule has 0 unspecified atom stereocenters. The van der Waals surface area contributed by atoms with E-state index in [1.807, 2.05) is 0 Å². The van der Waals surface area contributed by atoms with Crippen LogP contribution in [0.1, 0.15) is 5.56 Å². The fourth-order valence-electron chi connectivity index (χ4n) is 2.67. The molecule has 2 aromatic carbocycles. The first-order valence-electron chi connectivity index (χ1n) is 8.44. The first kappa shape index (κ1) is 20.4. The summed E-state index contributed by atoms with van der Waals surface area (Å²) in [4.78, 5) is 37.3. The molecule has 1 aliphatic rings. The van der Waals surface area contributed by atoms with E-state index in [-0.39, 0.29) is 12.3 Å². The molecule has 1 aliphatic heterocycles. The monoisotopic (exact) mass is 460 g/mol. The average Bonchev–Trinajstić information content (AvgIpc) is 3.00. The number of esters is 1. The molecule has 29 heavy (non-hydrogen) atoms. The average molecular weight is 461 g/mol. The van der Waals surface area contributed by atoms with Gasteiger partial charge in [0, 0.05) is 0 Å². The van der Waals surface area contributed by atoms with Gasteiger partial charge in [0.2, 0.25) is 0 Å². The largest absolute Gasteiger partial charge is 0.493 e. The van der Waals surface area contributed by atoms with Gasteiger partial charge in [0.1, 0.15) is 5.70 Å². The molecule has 0 spiro atoms. The maximum absolute atomic E-state index is 12.7. The minimum atomic E-state index is -0.537. The second-order valence-electron chi connectivity index (χ2n) is 5.86. The molecule has 2 aromatic rings. The van der Waals surface area contributed by atoms with Crippen LogP contribution in [0.4, 0.5) is 10.5 Å². The minimum Gasteiger partial charge on any atom is -0.493 e. The molecular weight excluding hydrogens is 444 g/mol. The van der Waals surface area contributed by atoms with Gasteiger partial charge in [-0.05, 0) is 51.8 Å². The number of rotatable bonds is 6. The Morgan fingerprint density at radius 3 is 2.55 bits per heavy atom. The number of nitrogens with zero attached hydrogens (tertiary/aromatic N) is 1. The van der Waals surface area contributed by atoms with E-state index in [0.717, 1.165) is 4.90 Å². The van der Waals surface area contributed by atoms with E-state index in [9.17, 15) is 14.4 Å². The summed E-state index contributed by atoms with van der Waals surface area (Å²) in [5, 5.41) is 2.57. The Balaban J connectivity index is 1.88. The van der Waals surface area contributed by atoms with Crippen molar-refractivity contribution in [2.45, 2.75) is 0 Å². The van der Waals surface area contributed by atoms with E-state index >= 15 is 0 Å². The number of methoxy groups -OCH3 is 2. The third-order valence-corrected chi connectivity index (χ3v) is 4.61. The van der Waals surface area contributed by atoms with Crippen LogP contribution in [0.15, 0.2) is 52.6 Å². The van der Waals surface area contributed by atoms with Gasteiger partial charge in [-0.3, -0.25) is 4.79 Å². The van der Waals surface area contributed by atoms with Gasteiger partial charge in [0.25, 0.3) is 5.91 Å². The van der Waals surface area contributed by atoms with Crippen LogP contribution in [0, 0.1) is 0 Å². The molecule has 1 heterocycles. The molecule has 3 amide bonds. The highest BCUT2D eigenvalue weighted by atomic mass is 79.9. The summed E-state index contributed by atoms with van der Waals surface area (Å²) in [6.45, 7) is -0.285. The molecule has 1 N–H and O–H groups in total.